The van der Waals surface area contributed by atoms with Crippen molar-refractivity contribution < 1.29 is 23.1 Å². The number of carbonyl (C=O) groups is 2. The molecule has 2 aromatic carbocycles. The molecule has 0 fully saturated rings. The van der Waals surface area contributed by atoms with Crippen LogP contribution in [-0.4, -0.2) is 27.6 Å². The topological polar surface area (TPSA) is 99.4 Å². The summed E-state index contributed by atoms with van der Waals surface area (Å²) in [5, 5.41) is 2.35. The first-order valence-corrected chi connectivity index (χ1v) is 9.46. The summed E-state index contributed by atoms with van der Waals surface area (Å²) >= 11 is 0. The van der Waals surface area contributed by atoms with E-state index >= 15 is 0 Å². The lowest BCUT2D eigenvalue weighted by Gasteiger charge is -2.15. The minimum Gasteiger partial charge on any atom is -0.462 e. The molecule has 0 radical (unpaired) electrons. The molecule has 0 unspecified atom stereocenters. The summed E-state index contributed by atoms with van der Waals surface area (Å²) in [5.41, 5.74) is -1.14. The summed E-state index contributed by atoms with van der Waals surface area (Å²) in [7, 11) is 0. The van der Waals surface area contributed by atoms with E-state index in [1.165, 1.54) is 22.8 Å². The van der Waals surface area contributed by atoms with Crippen LogP contribution in [0.3, 0.4) is 0 Å². The second-order valence-electron chi connectivity index (χ2n) is 6.54. The first kappa shape index (κ1) is 21.9. The molecule has 0 bridgehead atoms. The van der Waals surface area contributed by atoms with E-state index in [4.69, 9.17) is 4.74 Å². The summed E-state index contributed by atoms with van der Waals surface area (Å²) in [4.78, 5) is 49.8. The van der Waals surface area contributed by atoms with Crippen LogP contribution >= 0.6 is 0 Å². The number of esters is 1. The van der Waals surface area contributed by atoms with Gasteiger partial charge in [0.25, 0.3) is 0 Å². The highest BCUT2D eigenvalue weighted by Gasteiger charge is 2.17. The lowest BCUT2D eigenvalue weighted by molar-refractivity contribution is -0.116. The summed E-state index contributed by atoms with van der Waals surface area (Å²) in [6, 6.07) is 7.12. The van der Waals surface area contributed by atoms with Gasteiger partial charge in [0, 0.05) is 18.3 Å². The second kappa shape index (κ2) is 8.90. The number of ether oxygens (including phenoxy) is 1. The van der Waals surface area contributed by atoms with Crippen molar-refractivity contribution in [2.45, 2.75) is 26.9 Å². The van der Waals surface area contributed by atoms with Gasteiger partial charge in [-0.1, -0.05) is 0 Å². The first-order chi connectivity index (χ1) is 14.8. The maximum Gasteiger partial charge on any atom is 0.338 e. The van der Waals surface area contributed by atoms with Gasteiger partial charge < -0.3 is 14.6 Å². The van der Waals surface area contributed by atoms with E-state index in [2.05, 4.69) is 5.32 Å². The van der Waals surface area contributed by atoms with Gasteiger partial charge in [0.05, 0.1) is 23.2 Å². The number of hydrogen-bond donors (Lipinski definition) is 1. The maximum absolute atomic E-state index is 13.4. The number of nitrogens with one attached hydrogen (secondary N) is 1. The fourth-order valence-corrected chi connectivity index (χ4v) is 3.15. The Hall–Kier alpha value is -3.82. The molecule has 3 aromatic rings. The van der Waals surface area contributed by atoms with Crippen molar-refractivity contribution in [3.05, 3.63) is 74.3 Å². The molecular formula is C21H19F2N3O5. The normalized spacial score (nSPS) is 10.8. The van der Waals surface area contributed by atoms with Gasteiger partial charge in [0.1, 0.15) is 6.54 Å². The highest BCUT2D eigenvalue weighted by molar-refractivity contribution is 5.95. The van der Waals surface area contributed by atoms with Crippen LogP contribution in [0.1, 0.15) is 24.2 Å². The number of rotatable bonds is 6. The molecule has 1 amide bonds. The van der Waals surface area contributed by atoms with Crippen LogP contribution in [-0.2, 0) is 22.6 Å². The smallest absolute Gasteiger partial charge is 0.338 e. The number of halogens is 2. The molecule has 0 saturated heterocycles. The van der Waals surface area contributed by atoms with Gasteiger partial charge in [0.2, 0.25) is 5.91 Å². The quantitative estimate of drug-likeness (QED) is 0.477. The van der Waals surface area contributed by atoms with Crippen LogP contribution in [0.2, 0.25) is 0 Å². The van der Waals surface area contributed by atoms with E-state index in [1.807, 2.05) is 0 Å². The van der Waals surface area contributed by atoms with E-state index in [9.17, 15) is 28.0 Å². The highest BCUT2D eigenvalue weighted by Crippen LogP contribution is 2.16. The van der Waals surface area contributed by atoms with Gasteiger partial charge in [-0.05, 0) is 44.2 Å². The van der Waals surface area contributed by atoms with E-state index in [1.54, 1.807) is 13.8 Å². The Kier molecular flexibility index (Phi) is 6.28. The minimum absolute atomic E-state index is 0.0182. The van der Waals surface area contributed by atoms with Crippen LogP contribution in [0, 0.1) is 11.6 Å². The number of fused-ring (bicyclic) bond motifs is 1. The fraction of sp³-hybridized carbons (Fsp3) is 0.238. The Bertz CT molecular complexity index is 1300. The Morgan fingerprint density at radius 2 is 1.65 bits per heavy atom. The number of hydrogen-bond acceptors (Lipinski definition) is 5. The number of nitrogens with zero attached hydrogens (tertiary/aromatic N) is 2. The number of anilines is 1. The third kappa shape index (κ3) is 4.37. The maximum atomic E-state index is 13.4. The zero-order chi connectivity index (χ0) is 22.7. The van der Waals surface area contributed by atoms with Crippen molar-refractivity contribution in [1.29, 1.82) is 0 Å². The first-order valence-electron chi connectivity index (χ1n) is 9.46. The number of amides is 1. The second-order valence-corrected chi connectivity index (χ2v) is 6.54. The molecule has 1 aromatic heterocycles. The van der Waals surface area contributed by atoms with Crippen molar-refractivity contribution in [3.8, 4) is 0 Å². The third-order valence-corrected chi connectivity index (χ3v) is 4.56. The Morgan fingerprint density at radius 3 is 2.29 bits per heavy atom. The van der Waals surface area contributed by atoms with E-state index in [-0.39, 0.29) is 29.9 Å². The molecule has 1 N–H and O–H groups in total. The largest absolute Gasteiger partial charge is 0.462 e. The number of aryl methyl sites for hydroxylation is 1. The lowest BCUT2D eigenvalue weighted by atomic mass is 10.2. The standard InChI is InChI=1S/C21H19F2N3O5/c1-3-25-16-8-5-12(21(30)31-4-2)9-17(16)26(20(29)19(25)28)11-18(27)24-13-6-7-14(22)15(23)10-13/h5-10H,3-4,11H2,1-2H3,(H,24,27). The van der Waals surface area contributed by atoms with Crippen molar-refractivity contribution in [2.24, 2.45) is 0 Å². The van der Waals surface area contributed by atoms with E-state index in [0.717, 1.165) is 22.8 Å². The van der Waals surface area contributed by atoms with Crippen LogP contribution in [0.5, 0.6) is 0 Å². The third-order valence-electron chi connectivity index (χ3n) is 4.56. The molecule has 0 aliphatic carbocycles. The van der Waals surface area contributed by atoms with Crippen molar-refractivity contribution in [3.63, 3.8) is 0 Å². The van der Waals surface area contributed by atoms with Gasteiger partial charge in [-0.15, -0.1) is 0 Å². The van der Waals surface area contributed by atoms with Crippen LogP contribution in [0.25, 0.3) is 11.0 Å². The predicted molar refractivity (Wildman–Crippen MR) is 109 cm³/mol. The molecule has 0 aliphatic rings. The van der Waals surface area contributed by atoms with E-state index in [0.29, 0.717) is 5.52 Å². The highest BCUT2D eigenvalue weighted by atomic mass is 19.2. The zero-order valence-electron chi connectivity index (χ0n) is 16.8. The number of aromatic nitrogens is 2. The molecule has 3 rings (SSSR count). The monoisotopic (exact) mass is 431 g/mol. The van der Waals surface area contributed by atoms with Gasteiger partial charge >= 0.3 is 17.1 Å². The zero-order valence-corrected chi connectivity index (χ0v) is 16.8. The molecule has 0 atom stereocenters. The lowest BCUT2D eigenvalue weighted by Crippen LogP contribution is -2.43. The summed E-state index contributed by atoms with van der Waals surface area (Å²) < 4.78 is 33.6. The number of carbonyl (C=O) groups excluding carboxylic acids is 2. The van der Waals surface area contributed by atoms with Crippen LogP contribution < -0.4 is 16.4 Å². The molecule has 0 saturated carbocycles. The summed E-state index contributed by atoms with van der Waals surface area (Å²) in [6.45, 7) is 3.09. The van der Waals surface area contributed by atoms with Gasteiger partial charge in [0.15, 0.2) is 11.6 Å². The summed E-state index contributed by atoms with van der Waals surface area (Å²) in [6.07, 6.45) is 0. The molecule has 8 nitrogen and oxygen atoms in total. The predicted octanol–water partition coefficient (Wildman–Crippen LogP) is 2.28. The van der Waals surface area contributed by atoms with Crippen LogP contribution in [0.4, 0.5) is 14.5 Å². The van der Waals surface area contributed by atoms with Crippen LogP contribution in [0.15, 0.2) is 46.0 Å². The van der Waals surface area contributed by atoms with Gasteiger partial charge in [-0.25, -0.2) is 13.6 Å². The van der Waals surface area contributed by atoms with Gasteiger partial charge in [-0.3, -0.25) is 19.0 Å². The van der Waals surface area contributed by atoms with Crippen molar-refractivity contribution in [1.82, 2.24) is 9.13 Å². The average Bonchev–Trinajstić information content (AvgIpc) is 2.74. The average molecular weight is 431 g/mol. The molecule has 31 heavy (non-hydrogen) atoms. The Morgan fingerprint density at radius 1 is 0.935 bits per heavy atom. The van der Waals surface area contributed by atoms with Gasteiger partial charge in [-0.2, -0.15) is 0 Å². The fourth-order valence-electron chi connectivity index (χ4n) is 3.15. The Balaban J connectivity index is 2.07. The summed E-state index contributed by atoms with van der Waals surface area (Å²) in [5.74, 6) is -3.59. The Labute approximate surface area is 174 Å². The molecule has 0 spiro atoms. The van der Waals surface area contributed by atoms with Crippen molar-refractivity contribution >= 4 is 28.6 Å². The molecule has 10 heteroatoms. The van der Waals surface area contributed by atoms with Crippen molar-refractivity contribution in [2.75, 3.05) is 11.9 Å². The molecular weight excluding hydrogens is 412 g/mol. The number of benzene rings is 2. The van der Waals surface area contributed by atoms with E-state index < -0.39 is 41.2 Å². The molecule has 1 heterocycles. The minimum atomic E-state index is -1.15. The molecule has 162 valence electrons. The SMILES string of the molecule is CCOC(=O)c1ccc2c(c1)n(CC(=O)Nc1ccc(F)c(F)c1)c(=O)c(=O)n2CC. The molecule has 0 aliphatic heterocycles.